The van der Waals surface area contributed by atoms with E-state index in [9.17, 15) is 12.8 Å². The third-order valence-corrected chi connectivity index (χ3v) is 3.39. The minimum Gasteiger partial charge on any atom is -0.309 e. The molecule has 1 unspecified atom stereocenters. The molecule has 0 spiro atoms. The average molecular weight is 259 g/mol. The zero-order valence-electron chi connectivity index (χ0n) is 10.3. The second kappa shape index (κ2) is 5.60. The number of rotatable bonds is 5. The zero-order valence-corrected chi connectivity index (χ0v) is 11.1. The lowest BCUT2D eigenvalue weighted by Gasteiger charge is -2.18. The fourth-order valence-corrected chi connectivity index (χ4v) is 2.64. The van der Waals surface area contributed by atoms with Gasteiger partial charge in [-0.2, -0.15) is 0 Å². The predicted molar refractivity (Wildman–Crippen MR) is 67.3 cm³/mol. The van der Waals surface area contributed by atoms with E-state index in [1.807, 2.05) is 13.8 Å². The first-order valence-corrected chi connectivity index (χ1v) is 7.56. The molecule has 0 radical (unpaired) electrons. The standard InChI is InChI=1S/C12H18FNO2S/c1-4-14-12(8-17(3,15)16)10-7-9(2)5-6-11(10)13/h5-7,12,14H,4,8H2,1-3H3. The van der Waals surface area contributed by atoms with Gasteiger partial charge in [-0.15, -0.1) is 0 Å². The van der Waals surface area contributed by atoms with Crippen LogP contribution in [0.5, 0.6) is 0 Å². The van der Waals surface area contributed by atoms with Crippen LogP contribution in [-0.2, 0) is 9.84 Å². The van der Waals surface area contributed by atoms with Crippen LogP contribution < -0.4 is 5.32 Å². The van der Waals surface area contributed by atoms with E-state index in [0.29, 0.717) is 12.1 Å². The van der Waals surface area contributed by atoms with Crippen LogP contribution in [0.2, 0.25) is 0 Å². The highest BCUT2D eigenvalue weighted by Gasteiger charge is 2.19. The lowest BCUT2D eigenvalue weighted by atomic mass is 10.0. The zero-order chi connectivity index (χ0) is 13.1. The minimum absolute atomic E-state index is 0.0960. The van der Waals surface area contributed by atoms with Gasteiger partial charge in [0, 0.05) is 17.9 Å². The first kappa shape index (κ1) is 14.1. The highest BCUT2D eigenvalue weighted by molar-refractivity contribution is 7.90. The van der Waals surface area contributed by atoms with Gasteiger partial charge in [-0.05, 0) is 19.5 Å². The molecule has 0 aliphatic heterocycles. The van der Waals surface area contributed by atoms with E-state index < -0.39 is 15.9 Å². The third-order valence-electron chi connectivity index (χ3n) is 2.45. The Bertz CT molecular complexity index is 485. The van der Waals surface area contributed by atoms with E-state index in [0.717, 1.165) is 11.8 Å². The van der Waals surface area contributed by atoms with Crippen LogP contribution in [0.4, 0.5) is 4.39 Å². The van der Waals surface area contributed by atoms with Crippen molar-refractivity contribution >= 4 is 9.84 Å². The summed E-state index contributed by atoms with van der Waals surface area (Å²) in [5, 5.41) is 3.00. The first-order valence-electron chi connectivity index (χ1n) is 5.50. The van der Waals surface area contributed by atoms with E-state index >= 15 is 0 Å². The molecule has 1 N–H and O–H groups in total. The number of nitrogens with one attached hydrogen (secondary N) is 1. The molecule has 0 heterocycles. The van der Waals surface area contributed by atoms with Gasteiger partial charge in [-0.3, -0.25) is 0 Å². The van der Waals surface area contributed by atoms with E-state index in [2.05, 4.69) is 5.32 Å². The number of benzene rings is 1. The topological polar surface area (TPSA) is 46.2 Å². The van der Waals surface area contributed by atoms with Crippen LogP contribution >= 0.6 is 0 Å². The smallest absolute Gasteiger partial charge is 0.149 e. The Morgan fingerprint density at radius 3 is 2.59 bits per heavy atom. The van der Waals surface area contributed by atoms with E-state index in [1.54, 1.807) is 12.1 Å². The Hall–Kier alpha value is -0.940. The molecule has 0 aliphatic rings. The van der Waals surface area contributed by atoms with Gasteiger partial charge in [0.15, 0.2) is 0 Å². The molecule has 1 aromatic carbocycles. The Labute approximate surface area is 102 Å². The Morgan fingerprint density at radius 2 is 2.06 bits per heavy atom. The maximum Gasteiger partial charge on any atom is 0.149 e. The quantitative estimate of drug-likeness (QED) is 0.877. The van der Waals surface area contributed by atoms with Gasteiger partial charge in [-0.25, -0.2) is 12.8 Å². The maximum atomic E-state index is 13.7. The Morgan fingerprint density at radius 1 is 1.41 bits per heavy atom. The SMILES string of the molecule is CCNC(CS(C)(=O)=O)c1cc(C)ccc1F. The van der Waals surface area contributed by atoms with Crippen molar-refractivity contribution < 1.29 is 12.8 Å². The van der Waals surface area contributed by atoms with E-state index in [4.69, 9.17) is 0 Å². The van der Waals surface area contributed by atoms with Gasteiger partial charge in [0.05, 0.1) is 5.75 Å². The second-order valence-corrected chi connectivity index (χ2v) is 6.41. The van der Waals surface area contributed by atoms with E-state index in [1.165, 1.54) is 6.07 Å². The predicted octanol–water partition coefficient (Wildman–Crippen LogP) is 1.83. The van der Waals surface area contributed by atoms with Crippen LogP contribution in [0, 0.1) is 12.7 Å². The summed E-state index contributed by atoms with van der Waals surface area (Å²) in [7, 11) is -3.15. The lowest BCUT2D eigenvalue weighted by molar-refractivity contribution is 0.530. The molecule has 1 rings (SSSR count). The molecule has 0 bridgehead atoms. The number of sulfone groups is 1. The van der Waals surface area contributed by atoms with Gasteiger partial charge in [-0.1, -0.05) is 24.6 Å². The van der Waals surface area contributed by atoms with Crippen molar-refractivity contribution in [2.75, 3.05) is 18.6 Å². The Balaban J connectivity index is 3.08. The first-order chi connectivity index (χ1) is 7.83. The molecule has 0 amide bonds. The monoisotopic (exact) mass is 259 g/mol. The maximum absolute atomic E-state index is 13.7. The van der Waals surface area contributed by atoms with Gasteiger partial charge in [0.25, 0.3) is 0 Å². The normalized spacial score (nSPS) is 13.6. The van der Waals surface area contributed by atoms with Crippen LogP contribution in [0.25, 0.3) is 0 Å². The molecule has 1 atom stereocenters. The summed E-state index contributed by atoms with van der Waals surface area (Å²) in [5.41, 5.74) is 1.33. The summed E-state index contributed by atoms with van der Waals surface area (Å²) in [4.78, 5) is 0. The number of hydrogen-bond acceptors (Lipinski definition) is 3. The minimum atomic E-state index is -3.15. The van der Waals surface area contributed by atoms with Crippen LogP contribution in [-0.4, -0.2) is 27.0 Å². The highest BCUT2D eigenvalue weighted by atomic mass is 32.2. The molecule has 96 valence electrons. The summed E-state index contributed by atoms with van der Waals surface area (Å²) in [5.74, 6) is -0.466. The van der Waals surface area contributed by atoms with Crippen molar-refractivity contribution in [2.24, 2.45) is 0 Å². The summed E-state index contributed by atoms with van der Waals surface area (Å²) >= 11 is 0. The molecular weight excluding hydrogens is 241 g/mol. The second-order valence-electron chi connectivity index (χ2n) is 4.23. The average Bonchev–Trinajstić information content (AvgIpc) is 2.19. The van der Waals surface area contributed by atoms with Crippen molar-refractivity contribution in [2.45, 2.75) is 19.9 Å². The number of halogens is 1. The molecule has 3 nitrogen and oxygen atoms in total. The lowest BCUT2D eigenvalue weighted by Crippen LogP contribution is -2.28. The van der Waals surface area contributed by atoms with Gasteiger partial charge >= 0.3 is 0 Å². The van der Waals surface area contributed by atoms with Crippen molar-refractivity contribution in [3.05, 3.63) is 35.1 Å². The largest absolute Gasteiger partial charge is 0.309 e. The van der Waals surface area contributed by atoms with Crippen molar-refractivity contribution in [3.63, 3.8) is 0 Å². The highest BCUT2D eigenvalue weighted by Crippen LogP contribution is 2.20. The van der Waals surface area contributed by atoms with Crippen molar-refractivity contribution in [1.82, 2.24) is 5.32 Å². The number of aryl methyl sites for hydroxylation is 1. The van der Waals surface area contributed by atoms with Crippen molar-refractivity contribution in [1.29, 1.82) is 0 Å². The summed E-state index contributed by atoms with van der Waals surface area (Å²) in [6.07, 6.45) is 1.16. The summed E-state index contributed by atoms with van der Waals surface area (Å²) < 4.78 is 36.3. The number of hydrogen-bond donors (Lipinski definition) is 1. The fourth-order valence-electron chi connectivity index (χ4n) is 1.74. The molecule has 0 aliphatic carbocycles. The van der Waals surface area contributed by atoms with Crippen LogP contribution in [0.3, 0.4) is 0 Å². The molecular formula is C12H18FNO2S. The van der Waals surface area contributed by atoms with E-state index in [-0.39, 0.29) is 11.6 Å². The van der Waals surface area contributed by atoms with Crippen molar-refractivity contribution in [3.8, 4) is 0 Å². The molecule has 0 saturated carbocycles. The molecule has 0 saturated heterocycles. The molecule has 1 aromatic rings. The van der Waals surface area contributed by atoms with Crippen LogP contribution in [0.1, 0.15) is 24.1 Å². The summed E-state index contributed by atoms with van der Waals surface area (Å²) in [6.45, 7) is 4.31. The fraction of sp³-hybridized carbons (Fsp3) is 0.500. The van der Waals surface area contributed by atoms with Crippen LogP contribution in [0.15, 0.2) is 18.2 Å². The molecule has 0 aromatic heterocycles. The third kappa shape index (κ3) is 4.44. The van der Waals surface area contributed by atoms with Gasteiger partial charge in [0.2, 0.25) is 0 Å². The van der Waals surface area contributed by atoms with Gasteiger partial charge in [0.1, 0.15) is 15.7 Å². The molecule has 17 heavy (non-hydrogen) atoms. The Kier molecular flexibility index (Phi) is 4.65. The van der Waals surface area contributed by atoms with Gasteiger partial charge < -0.3 is 5.32 Å². The molecule has 0 fully saturated rings. The summed E-state index contributed by atoms with van der Waals surface area (Å²) in [6, 6.07) is 4.24. The molecule has 5 heteroatoms.